The number of hydrogen-bond acceptors (Lipinski definition) is 4. The fourth-order valence-electron chi connectivity index (χ4n) is 1.29. The Kier molecular flexibility index (Phi) is 4.13. The van der Waals surface area contributed by atoms with Crippen LogP contribution in [0.3, 0.4) is 0 Å². The zero-order valence-electron chi connectivity index (χ0n) is 9.38. The first-order valence-electron chi connectivity index (χ1n) is 5.06. The lowest BCUT2D eigenvalue weighted by Gasteiger charge is -2.08. The summed E-state index contributed by atoms with van der Waals surface area (Å²) in [7, 11) is 0. The molecule has 1 aromatic carbocycles. The molecule has 2 amide bonds. The van der Waals surface area contributed by atoms with Crippen LogP contribution >= 0.6 is 27.3 Å². The van der Waals surface area contributed by atoms with Gasteiger partial charge >= 0.3 is 12.0 Å². The maximum Gasteiger partial charge on any atom is 0.335 e. The number of urea groups is 1. The van der Waals surface area contributed by atoms with Crippen LogP contribution in [0.2, 0.25) is 0 Å². The van der Waals surface area contributed by atoms with Gasteiger partial charge in [-0.05, 0) is 34.1 Å². The monoisotopic (exact) mass is 341 g/mol. The zero-order chi connectivity index (χ0) is 13.8. The third-order valence-corrected chi connectivity index (χ3v) is 3.46. The van der Waals surface area contributed by atoms with Gasteiger partial charge in [0.15, 0.2) is 5.13 Å². The molecule has 0 bridgehead atoms. The Hall–Kier alpha value is -1.93. The number of amides is 2. The van der Waals surface area contributed by atoms with E-state index in [0.717, 1.165) is 0 Å². The van der Waals surface area contributed by atoms with E-state index in [1.165, 1.54) is 29.5 Å². The zero-order valence-corrected chi connectivity index (χ0v) is 11.8. The molecular weight excluding hydrogens is 334 g/mol. The largest absolute Gasteiger partial charge is 0.478 e. The molecule has 0 aliphatic carbocycles. The Morgan fingerprint density at radius 1 is 1.32 bits per heavy atom. The molecular formula is C11H8BrN3O3S. The van der Waals surface area contributed by atoms with E-state index in [1.54, 1.807) is 11.6 Å². The van der Waals surface area contributed by atoms with Crippen LogP contribution in [0.5, 0.6) is 0 Å². The summed E-state index contributed by atoms with van der Waals surface area (Å²) in [5.74, 6) is -1.03. The van der Waals surface area contributed by atoms with E-state index in [9.17, 15) is 9.59 Å². The van der Waals surface area contributed by atoms with Crippen LogP contribution < -0.4 is 10.6 Å². The van der Waals surface area contributed by atoms with Crippen molar-refractivity contribution in [3.63, 3.8) is 0 Å². The molecule has 6 nitrogen and oxygen atoms in total. The molecule has 0 unspecified atom stereocenters. The average molecular weight is 342 g/mol. The van der Waals surface area contributed by atoms with Gasteiger partial charge in [-0.3, -0.25) is 5.32 Å². The van der Waals surface area contributed by atoms with E-state index in [0.29, 0.717) is 15.3 Å². The predicted octanol–water partition coefficient (Wildman–Crippen LogP) is 3.25. The number of anilines is 2. The van der Waals surface area contributed by atoms with Crippen molar-refractivity contribution in [3.05, 3.63) is 39.8 Å². The standard InChI is InChI=1S/C11H8BrN3O3S/c12-7-5-6(9(16)17)1-2-8(7)14-10(18)15-11-13-3-4-19-11/h1-5H,(H,16,17)(H2,13,14,15,18). The summed E-state index contributed by atoms with van der Waals surface area (Å²) < 4.78 is 0.488. The van der Waals surface area contributed by atoms with Gasteiger partial charge in [0.25, 0.3) is 0 Å². The Bertz CT molecular complexity index is 616. The highest BCUT2D eigenvalue weighted by Gasteiger charge is 2.09. The fourth-order valence-corrected chi connectivity index (χ4v) is 2.29. The minimum atomic E-state index is -1.03. The number of aromatic nitrogens is 1. The third-order valence-electron chi connectivity index (χ3n) is 2.12. The molecule has 98 valence electrons. The molecule has 3 N–H and O–H groups in total. The van der Waals surface area contributed by atoms with Crippen LogP contribution in [0, 0.1) is 0 Å². The van der Waals surface area contributed by atoms with E-state index in [-0.39, 0.29) is 5.56 Å². The van der Waals surface area contributed by atoms with Crippen molar-refractivity contribution in [3.8, 4) is 0 Å². The first-order valence-corrected chi connectivity index (χ1v) is 6.74. The minimum absolute atomic E-state index is 0.137. The average Bonchev–Trinajstić information content (AvgIpc) is 2.84. The summed E-state index contributed by atoms with van der Waals surface area (Å²) >= 11 is 4.50. The Morgan fingerprint density at radius 2 is 2.11 bits per heavy atom. The second kappa shape index (κ2) is 5.81. The van der Waals surface area contributed by atoms with Crippen molar-refractivity contribution < 1.29 is 14.7 Å². The lowest BCUT2D eigenvalue weighted by molar-refractivity contribution is 0.0697. The van der Waals surface area contributed by atoms with Crippen LogP contribution in [-0.4, -0.2) is 22.1 Å². The van der Waals surface area contributed by atoms with Gasteiger partial charge in [0.1, 0.15) is 0 Å². The summed E-state index contributed by atoms with van der Waals surface area (Å²) in [4.78, 5) is 26.3. The van der Waals surface area contributed by atoms with Gasteiger partial charge in [0, 0.05) is 16.0 Å². The minimum Gasteiger partial charge on any atom is -0.478 e. The lowest BCUT2D eigenvalue weighted by atomic mass is 10.2. The number of benzene rings is 1. The second-order valence-electron chi connectivity index (χ2n) is 3.42. The van der Waals surface area contributed by atoms with E-state index in [4.69, 9.17) is 5.11 Å². The van der Waals surface area contributed by atoms with Gasteiger partial charge in [0.2, 0.25) is 0 Å². The van der Waals surface area contributed by atoms with E-state index in [2.05, 4.69) is 31.5 Å². The summed E-state index contributed by atoms with van der Waals surface area (Å²) in [6, 6.07) is 3.89. The number of rotatable bonds is 3. The number of carboxylic acid groups (broad SMARTS) is 1. The summed E-state index contributed by atoms with van der Waals surface area (Å²) in [5.41, 5.74) is 0.608. The third kappa shape index (κ3) is 3.52. The Morgan fingerprint density at radius 3 is 2.68 bits per heavy atom. The van der Waals surface area contributed by atoms with Crippen molar-refractivity contribution >= 4 is 50.1 Å². The molecule has 1 aromatic heterocycles. The summed E-state index contributed by atoms with van der Waals surface area (Å²) in [5, 5.41) is 16.2. The number of hydrogen-bond donors (Lipinski definition) is 3. The fraction of sp³-hybridized carbons (Fsp3) is 0. The van der Waals surface area contributed by atoms with E-state index >= 15 is 0 Å². The van der Waals surface area contributed by atoms with Crippen LogP contribution in [0.4, 0.5) is 15.6 Å². The SMILES string of the molecule is O=C(Nc1nccs1)Nc1ccc(C(=O)O)cc1Br. The highest BCUT2D eigenvalue weighted by molar-refractivity contribution is 9.10. The maximum absolute atomic E-state index is 11.7. The van der Waals surface area contributed by atoms with E-state index < -0.39 is 12.0 Å². The Balaban J connectivity index is 2.07. The molecule has 19 heavy (non-hydrogen) atoms. The van der Waals surface area contributed by atoms with E-state index in [1.807, 2.05) is 0 Å². The topological polar surface area (TPSA) is 91.3 Å². The van der Waals surface area contributed by atoms with Crippen molar-refractivity contribution in [2.24, 2.45) is 0 Å². The molecule has 0 aliphatic rings. The molecule has 2 aromatic rings. The molecule has 0 fully saturated rings. The van der Waals surface area contributed by atoms with Gasteiger partial charge in [-0.25, -0.2) is 14.6 Å². The molecule has 0 saturated carbocycles. The molecule has 0 radical (unpaired) electrons. The normalized spacial score (nSPS) is 9.95. The molecule has 0 atom stereocenters. The number of halogens is 1. The predicted molar refractivity (Wildman–Crippen MR) is 75.9 cm³/mol. The molecule has 0 aliphatic heterocycles. The number of thiazole rings is 1. The van der Waals surface area contributed by atoms with Crippen molar-refractivity contribution in [2.75, 3.05) is 10.6 Å². The summed E-state index contributed by atoms with van der Waals surface area (Å²) in [6.07, 6.45) is 1.58. The van der Waals surface area contributed by atoms with Gasteiger partial charge < -0.3 is 10.4 Å². The quantitative estimate of drug-likeness (QED) is 0.799. The van der Waals surface area contributed by atoms with Crippen molar-refractivity contribution in [1.82, 2.24) is 4.98 Å². The highest BCUT2D eigenvalue weighted by Crippen LogP contribution is 2.24. The first-order chi connectivity index (χ1) is 9.06. The number of nitrogens with zero attached hydrogens (tertiary/aromatic N) is 1. The number of carbonyl (C=O) groups is 2. The van der Waals surface area contributed by atoms with Crippen LogP contribution in [0.25, 0.3) is 0 Å². The molecule has 8 heteroatoms. The number of carboxylic acids is 1. The smallest absolute Gasteiger partial charge is 0.335 e. The number of nitrogens with one attached hydrogen (secondary N) is 2. The second-order valence-corrected chi connectivity index (χ2v) is 5.17. The highest BCUT2D eigenvalue weighted by atomic mass is 79.9. The van der Waals surface area contributed by atoms with Crippen LogP contribution in [0.15, 0.2) is 34.2 Å². The molecule has 1 heterocycles. The summed E-state index contributed by atoms with van der Waals surface area (Å²) in [6.45, 7) is 0. The maximum atomic E-state index is 11.7. The number of aromatic carboxylic acids is 1. The molecule has 2 rings (SSSR count). The van der Waals surface area contributed by atoms with Crippen LogP contribution in [0.1, 0.15) is 10.4 Å². The molecule has 0 spiro atoms. The van der Waals surface area contributed by atoms with Crippen molar-refractivity contribution in [1.29, 1.82) is 0 Å². The van der Waals surface area contributed by atoms with Gasteiger partial charge in [-0.15, -0.1) is 11.3 Å². The van der Waals surface area contributed by atoms with Gasteiger partial charge in [-0.1, -0.05) is 0 Å². The molecule has 0 saturated heterocycles. The first kappa shape index (κ1) is 13.5. The van der Waals surface area contributed by atoms with Gasteiger partial charge in [0.05, 0.1) is 11.3 Å². The van der Waals surface area contributed by atoms with Crippen LogP contribution in [-0.2, 0) is 0 Å². The Labute approximate surface area is 120 Å². The van der Waals surface area contributed by atoms with Gasteiger partial charge in [-0.2, -0.15) is 0 Å². The lowest BCUT2D eigenvalue weighted by Crippen LogP contribution is -2.19. The number of carbonyl (C=O) groups excluding carboxylic acids is 1. The van der Waals surface area contributed by atoms with Crippen molar-refractivity contribution in [2.45, 2.75) is 0 Å².